The van der Waals surface area contributed by atoms with Crippen LogP contribution < -0.4 is 10.1 Å². The number of rotatable bonds is 7. The Bertz CT molecular complexity index is 1380. The lowest BCUT2D eigenvalue weighted by Gasteiger charge is -2.39. The van der Waals surface area contributed by atoms with Crippen LogP contribution in [0.2, 0.25) is 0 Å². The third-order valence-electron chi connectivity index (χ3n) is 7.21. The van der Waals surface area contributed by atoms with Crippen LogP contribution in [0.3, 0.4) is 0 Å². The summed E-state index contributed by atoms with van der Waals surface area (Å²) in [4.78, 5) is 25.8. The number of likely N-dealkylation sites (tertiary alicyclic amines) is 1. The molecule has 0 aliphatic carbocycles. The number of benzene rings is 3. The second kappa shape index (κ2) is 12.4. The Morgan fingerprint density at radius 3 is 2.50 bits per heavy atom. The van der Waals surface area contributed by atoms with Gasteiger partial charge in [0.1, 0.15) is 5.75 Å². The van der Waals surface area contributed by atoms with Gasteiger partial charge in [0.15, 0.2) is 0 Å². The third-order valence-corrected chi connectivity index (χ3v) is 8.19. The van der Waals surface area contributed by atoms with E-state index in [2.05, 4.69) is 54.0 Å². The summed E-state index contributed by atoms with van der Waals surface area (Å²) < 4.78 is 6.88. The van der Waals surface area contributed by atoms with E-state index in [1.165, 1.54) is 45.5 Å². The Hall–Kier alpha value is -3.39. The van der Waals surface area contributed by atoms with Crippen LogP contribution in [0, 0.1) is 5.92 Å². The first kappa shape index (κ1) is 27.6. The molecule has 3 atom stereocenters. The van der Waals surface area contributed by atoms with Crippen molar-refractivity contribution in [1.82, 2.24) is 10.2 Å². The van der Waals surface area contributed by atoms with Gasteiger partial charge < -0.3 is 20.1 Å². The quantitative estimate of drug-likeness (QED) is 0.259. The van der Waals surface area contributed by atoms with Crippen molar-refractivity contribution in [2.75, 3.05) is 19.6 Å². The SMILES string of the molecule is C[C@@H](NCC1CCN(C(=O)Oc2ccc(C(=O)O)cc2)CC1c1ccccc1)c1csc2ccccc12.Cl. The van der Waals surface area contributed by atoms with Crippen LogP contribution >= 0.6 is 23.7 Å². The molecular formula is C30H31ClN2O4S. The zero-order chi connectivity index (χ0) is 25.8. The largest absolute Gasteiger partial charge is 0.478 e. The minimum Gasteiger partial charge on any atom is -0.478 e. The van der Waals surface area contributed by atoms with E-state index < -0.39 is 12.1 Å². The molecule has 1 aliphatic heterocycles. The number of piperidine rings is 1. The van der Waals surface area contributed by atoms with Crippen LogP contribution in [0.15, 0.2) is 84.2 Å². The van der Waals surface area contributed by atoms with Crippen LogP contribution in [0.1, 0.15) is 46.8 Å². The van der Waals surface area contributed by atoms with Gasteiger partial charge in [0, 0.05) is 29.7 Å². The summed E-state index contributed by atoms with van der Waals surface area (Å²) in [6.45, 7) is 4.24. The van der Waals surface area contributed by atoms with E-state index in [-0.39, 0.29) is 29.9 Å². The molecule has 1 amide bonds. The number of carbonyl (C=O) groups is 2. The number of ether oxygens (including phenoxy) is 1. The summed E-state index contributed by atoms with van der Waals surface area (Å²) in [5.41, 5.74) is 2.69. The molecule has 2 unspecified atom stereocenters. The zero-order valence-corrected chi connectivity index (χ0v) is 22.7. The smallest absolute Gasteiger partial charge is 0.415 e. The highest BCUT2D eigenvalue weighted by molar-refractivity contribution is 7.17. The molecule has 1 aliphatic rings. The molecule has 1 fully saturated rings. The number of hydrogen-bond donors (Lipinski definition) is 2. The Morgan fingerprint density at radius 1 is 1.05 bits per heavy atom. The fraction of sp³-hybridized carbons (Fsp3) is 0.267. The highest BCUT2D eigenvalue weighted by Crippen LogP contribution is 2.34. The number of thiophene rings is 1. The molecular weight excluding hydrogens is 520 g/mol. The molecule has 8 heteroatoms. The molecule has 1 aromatic heterocycles. The summed E-state index contributed by atoms with van der Waals surface area (Å²) in [5.74, 6) is -0.128. The summed E-state index contributed by atoms with van der Waals surface area (Å²) in [6, 6.07) is 25.0. The molecule has 4 aromatic rings. The predicted octanol–water partition coefficient (Wildman–Crippen LogP) is 6.98. The Balaban J connectivity index is 0.00000336. The van der Waals surface area contributed by atoms with Gasteiger partial charge in [-0.3, -0.25) is 0 Å². The number of aromatic carboxylic acids is 1. The van der Waals surface area contributed by atoms with Gasteiger partial charge in [-0.1, -0.05) is 48.5 Å². The number of fused-ring (bicyclic) bond motifs is 1. The second-order valence-corrected chi connectivity index (χ2v) is 10.4. The number of carboxylic acid groups (broad SMARTS) is 1. The maximum absolute atomic E-state index is 13.0. The fourth-order valence-electron chi connectivity index (χ4n) is 5.09. The molecule has 198 valence electrons. The molecule has 5 rings (SSSR count). The van der Waals surface area contributed by atoms with Crippen LogP contribution in [0.25, 0.3) is 10.1 Å². The third kappa shape index (κ3) is 6.18. The molecule has 3 aromatic carbocycles. The number of carbonyl (C=O) groups excluding carboxylic acids is 1. The summed E-state index contributed by atoms with van der Waals surface area (Å²) in [7, 11) is 0. The molecule has 2 N–H and O–H groups in total. The Kier molecular flexibility index (Phi) is 9.05. The van der Waals surface area contributed by atoms with Crippen LogP contribution in [-0.2, 0) is 0 Å². The monoisotopic (exact) mass is 550 g/mol. The highest BCUT2D eigenvalue weighted by atomic mass is 35.5. The van der Waals surface area contributed by atoms with E-state index >= 15 is 0 Å². The highest BCUT2D eigenvalue weighted by Gasteiger charge is 2.33. The van der Waals surface area contributed by atoms with Gasteiger partial charge in [-0.2, -0.15) is 0 Å². The molecule has 0 saturated carbocycles. The minimum atomic E-state index is -1.01. The fourth-order valence-corrected chi connectivity index (χ4v) is 6.15. The van der Waals surface area contributed by atoms with E-state index in [1.54, 1.807) is 16.2 Å². The number of nitrogens with zero attached hydrogens (tertiary/aromatic N) is 1. The lowest BCUT2D eigenvalue weighted by Crippen LogP contribution is -2.46. The van der Waals surface area contributed by atoms with Gasteiger partial charge in [0.05, 0.1) is 5.56 Å². The molecule has 38 heavy (non-hydrogen) atoms. The van der Waals surface area contributed by atoms with Crippen molar-refractivity contribution in [2.24, 2.45) is 5.92 Å². The summed E-state index contributed by atoms with van der Waals surface area (Å²) in [5, 5.41) is 16.4. The number of carboxylic acids is 1. The number of hydrogen-bond acceptors (Lipinski definition) is 5. The van der Waals surface area contributed by atoms with Gasteiger partial charge in [-0.25, -0.2) is 9.59 Å². The second-order valence-electron chi connectivity index (χ2n) is 9.53. The summed E-state index contributed by atoms with van der Waals surface area (Å²) >= 11 is 1.78. The van der Waals surface area contributed by atoms with Crippen LogP contribution in [0.5, 0.6) is 5.75 Å². The van der Waals surface area contributed by atoms with Crippen molar-refractivity contribution in [3.8, 4) is 5.75 Å². The van der Waals surface area contributed by atoms with E-state index in [0.717, 1.165) is 13.0 Å². The number of nitrogens with one attached hydrogen (secondary N) is 1. The van der Waals surface area contributed by atoms with Crippen molar-refractivity contribution in [3.63, 3.8) is 0 Å². The predicted molar refractivity (Wildman–Crippen MR) is 154 cm³/mol. The van der Waals surface area contributed by atoms with Gasteiger partial charge in [-0.05, 0) is 78.0 Å². The standard InChI is InChI=1S/C30H30N2O4S.ClH/c1-20(27-19-37-28-10-6-5-9-25(27)28)31-17-23-15-16-32(18-26(23)21-7-3-2-4-8-21)30(35)36-24-13-11-22(12-14-24)29(33)34;/h2-14,19-20,23,26,31H,15-18H2,1H3,(H,33,34);1H/t20-,23?,26?;/m1./s1. The minimum absolute atomic E-state index is 0. The van der Waals surface area contributed by atoms with Crippen LogP contribution in [0.4, 0.5) is 4.79 Å². The van der Waals surface area contributed by atoms with E-state index in [4.69, 9.17) is 9.84 Å². The first-order valence-electron chi connectivity index (χ1n) is 12.5. The van der Waals surface area contributed by atoms with Crippen molar-refractivity contribution in [1.29, 1.82) is 0 Å². The van der Waals surface area contributed by atoms with Crippen LogP contribution in [-0.4, -0.2) is 41.7 Å². The van der Waals surface area contributed by atoms with Crippen molar-refractivity contribution >= 4 is 45.9 Å². The maximum atomic E-state index is 13.0. The maximum Gasteiger partial charge on any atom is 0.415 e. The number of amides is 1. The lowest BCUT2D eigenvalue weighted by molar-refractivity contribution is 0.0697. The van der Waals surface area contributed by atoms with Gasteiger partial charge >= 0.3 is 12.1 Å². The average molecular weight is 551 g/mol. The zero-order valence-electron chi connectivity index (χ0n) is 21.1. The van der Waals surface area contributed by atoms with Gasteiger partial charge in [0.2, 0.25) is 0 Å². The van der Waals surface area contributed by atoms with Crippen molar-refractivity contribution < 1.29 is 19.4 Å². The molecule has 1 saturated heterocycles. The molecule has 0 spiro atoms. The van der Waals surface area contributed by atoms with Gasteiger partial charge in [-0.15, -0.1) is 23.7 Å². The molecule has 6 nitrogen and oxygen atoms in total. The first-order chi connectivity index (χ1) is 18.0. The van der Waals surface area contributed by atoms with Crippen molar-refractivity contribution in [2.45, 2.75) is 25.3 Å². The normalized spacial score (nSPS) is 18.0. The van der Waals surface area contributed by atoms with Gasteiger partial charge in [0.25, 0.3) is 0 Å². The average Bonchev–Trinajstić information content (AvgIpc) is 3.37. The topological polar surface area (TPSA) is 78.9 Å². The number of halogens is 1. The molecule has 0 radical (unpaired) electrons. The Labute approximate surface area is 232 Å². The van der Waals surface area contributed by atoms with E-state index in [0.29, 0.717) is 24.8 Å². The van der Waals surface area contributed by atoms with E-state index in [9.17, 15) is 9.59 Å². The Morgan fingerprint density at radius 2 is 1.76 bits per heavy atom. The van der Waals surface area contributed by atoms with Crippen molar-refractivity contribution in [3.05, 3.63) is 101 Å². The van der Waals surface area contributed by atoms with E-state index in [1.807, 2.05) is 18.2 Å². The first-order valence-corrected chi connectivity index (χ1v) is 13.4. The lowest BCUT2D eigenvalue weighted by atomic mass is 9.80. The molecule has 2 heterocycles. The summed E-state index contributed by atoms with van der Waals surface area (Å²) in [6.07, 6.45) is 0.449. The molecule has 0 bridgehead atoms.